The van der Waals surface area contributed by atoms with Crippen LogP contribution in [0.3, 0.4) is 0 Å². The molecule has 0 amide bonds. The lowest BCUT2D eigenvalue weighted by atomic mass is 10.1. The van der Waals surface area contributed by atoms with E-state index in [-0.39, 0.29) is 0 Å². The van der Waals surface area contributed by atoms with E-state index >= 15 is 0 Å². The summed E-state index contributed by atoms with van der Waals surface area (Å²) >= 11 is 3.43. The van der Waals surface area contributed by atoms with Crippen molar-refractivity contribution in [2.24, 2.45) is 0 Å². The number of benzene rings is 2. The molecule has 3 heteroatoms. The Balaban J connectivity index is 0.000000771. The van der Waals surface area contributed by atoms with Crippen LogP contribution >= 0.6 is 15.9 Å². The molecule has 0 heterocycles. The fourth-order valence-electron chi connectivity index (χ4n) is 1.44. The van der Waals surface area contributed by atoms with Crippen LogP contribution in [0.2, 0.25) is 0 Å². The first kappa shape index (κ1) is 14.1. The van der Waals surface area contributed by atoms with Gasteiger partial charge < -0.3 is 0 Å². The van der Waals surface area contributed by atoms with Crippen molar-refractivity contribution in [3.8, 4) is 0 Å². The summed E-state index contributed by atoms with van der Waals surface area (Å²) in [5, 5.41) is 12.0. The van der Waals surface area contributed by atoms with Gasteiger partial charge in [-0.05, 0) is 30.2 Å². The minimum absolute atomic E-state index is 1.11. The van der Waals surface area contributed by atoms with Crippen molar-refractivity contribution in [1.82, 2.24) is 0 Å². The molecule has 0 fully saturated rings. The average molecular weight is 301 g/mol. The summed E-state index contributed by atoms with van der Waals surface area (Å²) in [5.41, 5.74) is 3.73. The van der Waals surface area contributed by atoms with E-state index in [1.165, 1.54) is 16.7 Å². The third-order valence-corrected chi connectivity index (χ3v) is 2.94. The quantitative estimate of drug-likeness (QED) is 0.581. The predicted octanol–water partition coefficient (Wildman–Crippen LogP) is 4.96. The summed E-state index contributed by atoms with van der Waals surface area (Å²) in [4.78, 5) is 0. The molecule has 0 aliphatic heterocycles. The molecule has 0 unspecified atom stereocenters. The molecular formula is C15H13BrN2. The first-order valence-electron chi connectivity index (χ1n) is 5.44. The van der Waals surface area contributed by atoms with Crippen LogP contribution in [-0.4, -0.2) is 0 Å². The van der Waals surface area contributed by atoms with E-state index in [2.05, 4.69) is 83.5 Å². The molecule has 2 rings (SSSR count). The number of halogens is 1. The van der Waals surface area contributed by atoms with Crippen LogP contribution in [0.15, 0.2) is 53.0 Å². The molecule has 2 aromatic rings. The Labute approximate surface area is 116 Å². The van der Waals surface area contributed by atoms with Crippen LogP contribution < -0.4 is 0 Å². The van der Waals surface area contributed by atoms with E-state index in [0.717, 1.165) is 4.47 Å². The Kier molecular flexibility index (Phi) is 5.83. The van der Waals surface area contributed by atoms with Gasteiger partial charge in [0.25, 0.3) is 0 Å². The number of aryl methyl sites for hydroxylation is 1. The van der Waals surface area contributed by atoms with Crippen LogP contribution in [0.5, 0.6) is 0 Å². The molecule has 0 saturated carbocycles. The Bertz CT molecular complexity index is 477. The molecule has 0 atom stereocenters. The lowest BCUT2D eigenvalue weighted by molar-refractivity contribution is 1.15. The van der Waals surface area contributed by atoms with Gasteiger partial charge in [-0.2, -0.15) is 0 Å². The monoisotopic (exact) mass is 300 g/mol. The van der Waals surface area contributed by atoms with Crippen molar-refractivity contribution < 1.29 is 0 Å². The molecular weight excluding hydrogens is 288 g/mol. The summed E-state index contributed by atoms with van der Waals surface area (Å²) in [6.45, 7) is 2.10. The Morgan fingerprint density at radius 3 is 1.61 bits per heavy atom. The minimum atomic E-state index is 1.11. The maximum absolute atomic E-state index is 6.00. The smallest absolute Gasteiger partial charge is 0.0175 e. The first-order valence-corrected chi connectivity index (χ1v) is 6.24. The van der Waals surface area contributed by atoms with Crippen molar-refractivity contribution in [2.45, 2.75) is 6.92 Å². The summed E-state index contributed by atoms with van der Waals surface area (Å²) in [7, 11) is 0. The normalized spacial score (nSPS) is 9.78. The Morgan fingerprint density at radius 2 is 1.17 bits per heavy atom. The molecule has 0 spiro atoms. The molecule has 0 aromatic heterocycles. The van der Waals surface area contributed by atoms with E-state index in [0.29, 0.717) is 0 Å². The average Bonchev–Trinajstić information content (AvgIpc) is 2.42. The van der Waals surface area contributed by atoms with Crippen LogP contribution in [0.4, 0.5) is 0 Å². The maximum atomic E-state index is 6.00. The SMILES string of the molecule is Cc1ccc(/C=C/c2ccc(Br)cc2)cc1.N#N. The van der Waals surface area contributed by atoms with E-state index in [4.69, 9.17) is 10.8 Å². The van der Waals surface area contributed by atoms with Crippen LogP contribution in [0, 0.1) is 17.7 Å². The molecule has 0 bridgehead atoms. The summed E-state index contributed by atoms with van der Waals surface area (Å²) in [5.74, 6) is 0. The minimum Gasteiger partial charge on any atom is -0.0587 e. The lowest BCUT2D eigenvalue weighted by Crippen LogP contribution is -1.74. The van der Waals surface area contributed by atoms with Crippen LogP contribution in [0.1, 0.15) is 16.7 Å². The van der Waals surface area contributed by atoms with Gasteiger partial charge in [-0.25, -0.2) is 0 Å². The van der Waals surface area contributed by atoms with E-state index in [9.17, 15) is 0 Å². The highest BCUT2D eigenvalue weighted by molar-refractivity contribution is 9.10. The summed E-state index contributed by atoms with van der Waals surface area (Å²) in [6.07, 6.45) is 4.25. The third-order valence-electron chi connectivity index (χ3n) is 2.42. The molecule has 90 valence electrons. The highest BCUT2D eigenvalue weighted by Crippen LogP contribution is 2.13. The second-order valence-electron chi connectivity index (χ2n) is 3.80. The molecule has 0 radical (unpaired) electrons. The molecule has 2 aromatic carbocycles. The van der Waals surface area contributed by atoms with Crippen LogP contribution in [0.25, 0.3) is 12.2 Å². The van der Waals surface area contributed by atoms with Gasteiger partial charge in [0.2, 0.25) is 0 Å². The topological polar surface area (TPSA) is 47.6 Å². The van der Waals surface area contributed by atoms with Crippen LogP contribution in [-0.2, 0) is 0 Å². The first-order chi connectivity index (χ1) is 8.74. The highest BCUT2D eigenvalue weighted by Gasteiger charge is 1.89. The van der Waals surface area contributed by atoms with Crippen molar-refractivity contribution in [3.05, 3.63) is 69.7 Å². The van der Waals surface area contributed by atoms with Gasteiger partial charge in [-0.1, -0.05) is 70.0 Å². The van der Waals surface area contributed by atoms with Crippen molar-refractivity contribution in [2.75, 3.05) is 0 Å². The number of hydrogen-bond donors (Lipinski definition) is 0. The zero-order chi connectivity index (χ0) is 13.4. The fourth-order valence-corrected chi connectivity index (χ4v) is 1.71. The van der Waals surface area contributed by atoms with Crippen molar-refractivity contribution in [1.29, 1.82) is 10.8 Å². The molecule has 0 saturated heterocycles. The highest BCUT2D eigenvalue weighted by atomic mass is 79.9. The van der Waals surface area contributed by atoms with Gasteiger partial charge in [0.1, 0.15) is 0 Å². The number of nitrogens with zero attached hydrogens (tertiary/aromatic N) is 2. The standard InChI is InChI=1S/C15H13Br.N2/c1-12-2-4-13(5-3-12)6-7-14-8-10-15(16)11-9-14;1-2/h2-11H,1H3;/b7-6+;. The Morgan fingerprint density at radius 1 is 0.778 bits per heavy atom. The Hall–Kier alpha value is -1.92. The molecule has 0 N–H and O–H groups in total. The third kappa shape index (κ3) is 4.52. The zero-order valence-corrected chi connectivity index (χ0v) is 11.6. The van der Waals surface area contributed by atoms with Gasteiger partial charge >= 0.3 is 0 Å². The van der Waals surface area contributed by atoms with Gasteiger partial charge in [0.15, 0.2) is 0 Å². The van der Waals surface area contributed by atoms with Gasteiger partial charge in [0.05, 0.1) is 0 Å². The van der Waals surface area contributed by atoms with Crippen molar-refractivity contribution in [3.63, 3.8) is 0 Å². The van der Waals surface area contributed by atoms with Crippen molar-refractivity contribution >= 4 is 28.1 Å². The van der Waals surface area contributed by atoms with E-state index in [1.807, 2.05) is 0 Å². The second kappa shape index (κ2) is 7.41. The fraction of sp³-hybridized carbons (Fsp3) is 0.0667. The number of rotatable bonds is 2. The predicted molar refractivity (Wildman–Crippen MR) is 77.7 cm³/mol. The molecule has 18 heavy (non-hydrogen) atoms. The van der Waals surface area contributed by atoms with Gasteiger partial charge in [-0.15, -0.1) is 0 Å². The maximum Gasteiger partial charge on any atom is 0.0175 e. The lowest BCUT2D eigenvalue weighted by Gasteiger charge is -1.96. The summed E-state index contributed by atoms with van der Waals surface area (Å²) < 4.78 is 1.11. The van der Waals surface area contributed by atoms with Gasteiger partial charge in [-0.3, -0.25) is 0 Å². The number of hydrogen-bond acceptors (Lipinski definition) is 2. The van der Waals surface area contributed by atoms with E-state index < -0.39 is 0 Å². The molecule has 2 nitrogen and oxygen atoms in total. The van der Waals surface area contributed by atoms with Gasteiger partial charge in [0, 0.05) is 15.3 Å². The van der Waals surface area contributed by atoms with E-state index in [1.54, 1.807) is 0 Å². The zero-order valence-electron chi connectivity index (χ0n) is 10.0. The second-order valence-corrected chi connectivity index (χ2v) is 4.71. The molecule has 0 aliphatic carbocycles. The summed E-state index contributed by atoms with van der Waals surface area (Å²) in [6, 6.07) is 16.8. The molecule has 0 aliphatic rings. The largest absolute Gasteiger partial charge is 0.0587 e.